The lowest BCUT2D eigenvalue weighted by Crippen LogP contribution is -2.39. The Hall–Kier alpha value is -2.13. The van der Waals surface area contributed by atoms with E-state index < -0.39 is 5.60 Å². The first-order valence-corrected chi connectivity index (χ1v) is 7.96. The van der Waals surface area contributed by atoms with E-state index in [0.717, 1.165) is 16.3 Å². The number of fused-ring (bicyclic) bond motifs is 1. The Bertz CT molecular complexity index is 708. The molecule has 3 nitrogen and oxygen atoms in total. The van der Waals surface area contributed by atoms with Crippen molar-refractivity contribution in [3.63, 3.8) is 0 Å². The van der Waals surface area contributed by atoms with Gasteiger partial charge >= 0.3 is 0 Å². The summed E-state index contributed by atoms with van der Waals surface area (Å²) in [7, 11) is 0. The van der Waals surface area contributed by atoms with Crippen LogP contribution in [0.25, 0.3) is 10.8 Å². The molecule has 0 aliphatic heterocycles. The summed E-state index contributed by atoms with van der Waals surface area (Å²) in [6, 6.07) is 14.1. The van der Waals surface area contributed by atoms with Gasteiger partial charge in [-0.2, -0.15) is 0 Å². The average molecular weight is 311 g/mol. The van der Waals surface area contributed by atoms with Gasteiger partial charge in [-0.1, -0.05) is 48.5 Å². The molecule has 23 heavy (non-hydrogen) atoms. The zero-order valence-electron chi connectivity index (χ0n) is 14.5. The van der Waals surface area contributed by atoms with Gasteiger partial charge in [0.05, 0.1) is 11.6 Å². The molecule has 0 radical (unpaired) electrons. The first-order valence-electron chi connectivity index (χ1n) is 7.96. The minimum absolute atomic E-state index is 0.150. The van der Waals surface area contributed by atoms with E-state index in [0.29, 0.717) is 0 Å². The van der Waals surface area contributed by atoms with Crippen molar-refractivity contribution in [2.45, 2.75) is 46.3 Å². The first-order chi connectivity index (χ1) is 10.8. The standard InChI is InChI=1S/C20H25NO2/c1-6-10-19(22)21(23-20(3,4)5)15(2)17-14-9-12-16-11-7-8-13-18(16)17/h6-15H,1-5H3/b10-6+/t15-/m0/s1. The van der Waals surface area contributed by atoms with Gasteiger partial charge in [-0.3, -0.25) is 9.63 Å². The van der Waals surface area contributed by atoms with Gasteiger partial charge in [0.2, 0.25) is 0 Å². The van der Waals surface area contributed by atoms with Crippen molar-refractivity contribution in [3.8, 4) is 0 Å². The maximum absolute atomic E-state index is 12.5. The van der Waals surface area contributed by atoms with Crippen LogP contribution >= 0.6 is 0 Å². The molecule has 1 amide bonds. The van der Waals surface area contributed by atoms with Gasteiger partial charge in [0, 0.05) is 6.08 Å². The summed E-state index contributed by atoms with van der Waals surface area (Å²) < 4.78 is 0. The fourth-order valence-electron chi connectivity index (χ4n) is 2.57. The molecule has 1 atom stereocenters. The van der Waals surface area contributed by atoms with E-state index >= 15 is 0 Å². The number of carbonyl (C=O) groups is 1. The normalized spacial score (nSPS) is 13.4. The van der Waals surface area contributed by atoms with Gasteiger partial charge in [0.1, 0.15) is 0 Å². The van der Waals surface area contributed by atoms with Crippen molar-refractivity contribution in [2.75, 3.05) is 0 Å². The van der Waals surface area contributed by atoms with Crippen LogP contribution in [0.15, 0.2) is 54.6 Å². The molecule has 0 aliphatic rings. The van der Waals surface area contributed by atoms with Crippen LogP contribution in [-0.4, -0.2) is 16.6 Å². The Kier molecular flexibility index (Phi) is 5.22. The summed E-state index contributed by atoms with van der Waals surface area (Å²) in [5, 5.41) is 3.77. The van der Waals surface area contributed by atoms with Crippen molar-refractivity contribution in [3.05, 3.63) is 60.2 Å². The Balaban J connectivity index is 2.46. The van der Waals surface area contributed by atoms with Crippen LogP contribution < -0.4 is 0 Å². The Morgan fingerprint density at radius 2 is 1.78 bits per heavy atom. The van der Waals surface area contributed by atoms with Crippen molar-refractivity contribution in [1.82, 2.24) is 5.06 Å². The van der Waals surface area contributed by atoms with Crippen molar-refractivity contribution in [2.24, 2.45) is 0 Å². The fraction of sp³-hybridized carbons (Fsp3) is 0.350. The van der Waals surface area contributed by atoms with Crippen LogP contribution in [-0.2, 0) is 9.63 Å². The third-order valence-corrected chi connectivity index (χ3v) is 3.52. The topological polar surface area (TPSA) is 29.5 Å². The molecule has 0 bridgehead atoms. The van der Waals surface area contributed by atoms with Crippen molar-refractivity contribution < 1.29 is 9.63 Å². The van der Waals surface area contributed by atoms with Gasteiger partial charge in [-0.05, 0) is 51.0 Å². The number of allylic oxidation sites excluding steroid dienone is 1. The van der Waals surface area contributed by atoms with E-state index in [-0.39, 0.29) is 11.9 Å². The second-order valence-electron chi connectivity index (χ2n) is 6.61. The Labute approximate surface area is 138 Å². The van der Waals surface area contributed by atoms with Gasteiger partial charge in [-0.15, -0.1) is 0 Å². The smallest absolute Gasteiger partial charge is 0.267 e. The van der Waals surface area contributed by atoms with Gasteiger partial charge in [0.15, 0.2) is 0 Å². The highest BCUT2D eigenvalue weighted by Gasteiger charge is 2.27. The molecular formula is C20H25NO2. The zero-order valence-corrected chi connectivity index (χ0v) is 14.5. The number of carbonyl (C=O) groups excluding carboxylic acids is 1. The second kappa shape index (κ2) is 6.97. The van der Waals surface area contributed by atoms with Crippen LogP contribution in [0, 0.1) is 0 Å². The van der Waals surface area contributed by atoms with E-state index in [4.69, 9.17) is 4.84 Å². The average Bonchev–Trinajstić information content (AvgIpc) is 2.51. The molecule has 2 aromatic rings. The Morgan fingerprint density at radius 1 is 1.13 bits per heavy atom. The fourth-order valence-corrected chi connectivity index (χ4v) is 2.57. The summed E-state index contributed by atoms with van der Waals surface area (Å²) in [4.78, 5) is 18.4. The van der Waals surface area contributed by atoms with Crippen molar-refractivity contribution >= 4 is 16.7 Å². The number of hydrogen-bond donors (Lipinski definition) is 0. The minimum atomic E-state index is -0.448. The SMILES string of the molecule is C/C=C/C(=O)N(OC(C)(C)C)[C@@H](C)c1cccc2ccccc12. The van der Waals surface area contributed by atoms with Crippen LogP contribution in [0.5, 0.6) is 0 Å². The highest BCUT2D eigenvalue weighted by molar-refractivity contribution is 5.89. The molecule has 0 heterocycles. The lowest BCUT2D eigenvalue weighted by atomic mass is 9.99. The third kappa shape index (κ3) is 4.20. The number of hydrogen-bond acceptors (Lipinski definition) is 2. The Morgan fingerprint density at radius 3 is 2.43 bits per heavy atom. The van der Waals surface area contributed by atoms with Gasteiger partial charge in [-0.25, -0.2) is 5.06 Å². The minimum Gasteiger partial charge on any atom is -0.267 e. The number of benzene rings is 2. The molecule has 122 valence electrons. The van der Waals surface area contributed by atoms with E-state index in [9.17, 15) is 4.79 Å². The highest BCUT2D eigenvalue weighted by atomic mass is 16.7. The second-order valence-corrected chi connectivity index (χ2v) is 6.61. The number of amides is 1. The molecule has 0 aliphatic carbocycles. The van der Waals surface area contributed by atoms with Crippen molar-refractivity contribution in [1.29, 1.82) is 0 Å². The van der Waals surface area contributed by atoms with Crippen LogP contribution in [0.4, 0.5) is 0 Å². The molecule has 0 saturated heterocycles. The molecule has 0 fully saturated rings. The lowest BCUT2D eigenvalue weighted by molar-refractivity contribution is -0.238. The van der Waals surface area contributed by atoms with E-state index in [1.165, 1.54) is 11.1 Å². The molecule has 0 saturated carbocycles. The molecule has 0 unspecified atom stereocenters. The number of nitrogens with zero attached hydrogens (tertiary/aromatic N) is 1. The van der Waals surface area contributed by atoms with E-state index in [1.807, 2.05) is 52.8 Å². The third-order valence-electron chi connectivity index (χ3n) is 3.52. The van der Waals surface area contributed by atoms with E-state index in [2.05, 4.69) is 24.3 Å². The predicted molar refractivity (Wildman–Crippen MR) is 94.9 cm³/mol. The van der Waals surface area contributed by atoms with Gasteiger partial charge in [0.25, 0.3) is 5.91 Å². The predicted octanol–water partition coefficient (Wildman–Crippen LogP) is 5.04. The molecule has 0 aromatic heterocycles. The zero-order chi connectivity index (χ0) is 17.0. The largest absolute Gasteiger partial charge is 0.270 e. The molecule has 0 spiro atoms. The van der Waals surface area contributed by atoms with Crippen LogP contribution in [0.3, 0.4) is 0 Å². The molecule has 2 aromatic carbocycles. The highest BCUT2D eigenvalue weighted by Crippen LogP contribution is 2.30. The van der Waals surface area contributed by atoms with Crippen LogP contribution in [0.2, 0.25) is 0 Å². The summed E-state index contributed by atoms with van der Waals surface area (Å²) in [6.07, 6.45) is 3.27. The number of rotatable bonds is 4. The molecular weight excluding hydrogens is 286 g/mol. The molecule has 3 heteroatoms. The number of hydroxylamine groups is 2. The quantitative estimate of drug-likeness (QED) is 0.585. The maximum Gasteiger partial charge on any atom is 0.270 e. The summed E-state index contributed by atoms with van der Waals surface area (Å²) in [6.45, 7) is 9.65. The molecule has 0 N–H and O–H groups in total. The summed E-state index contributed by atoms with van der Waals surface area (Å²) in [5.41, 5.74) is 0.626. The summed E-state index contributed by atoms with van der Waals surface area (Å²) in [5.74, 6) is -0.150. The van der Waals surface area contributed by atoms with Crippen LogP contribution in [0.1, 0.15) is 46.2 Å². The summed E-state index contributed by atoms with van der Waals surface area (Å²) >= 11 is 0. The molecule has 2 rings (SSSR count). The maximum atomic E-state index is 12.5. The monoisotopic (exact) mass is 311 g/mol. The van der Waals surface area contributed by atoms with E-state index in [1.54, 1.807) is 6.08 Å². The van der Waals surface area contributed by atoms with Gasteiger partial charge < -0.3 is 0 Å². The first kappa shape index (κ1) is 17.2. The lowest BCUT2D eigenvalue weighted by Gasteiger charge is -2.34.